The summed E-state index contributed by atoms with van der Waals surface area (Å²) in [6, 6.07) is 20.2. The average Bonchev–Trinajstić information content (AvgIpc) is 1.58. The first-order chi connectivity index (χ1) is 41.3. The number of benzene rings is 4. The molecule has 0 radical (unpaired) electrons. The van der Waals surface area contributed by atoms with Crippen molar-refractivity contribution in [3.8, 4) is 34.5 Å². The molecule has 0 fully saturated rings. The molecule has 4 aromatic heterocycles. The number of pyridine rings is 2. The van der Waals surface area contributed by atoms with Crippen LogP contribution in [0, 0.1) is 13.8 Å². The predicted molar refractivity (Wildman–Crippen MR) is 286 cm³/mol. The topological polar surface area (TPSA) is 374 Å². The number of halogens is 6. The molecule has 8 rings (SSSR count). The van der Waals surface area contributed by atoms with E-state index in [4.69, 9.17) is 38.6 Å². The quantitative estimate of drug-likeness (QED) is 0.0423. The summed E-state index contributed by atoms with van der Waals surface area (Å²) in [5, 5.41) is 38.8. The molecule has 4 heterocycles. The van der Waals surface area contributed by atoms with Gasteiger partial charge in [-0.15, -0.1) is 0 Å². The van der Waals surface area contributed by atoms with Crippen LogP contribution in [-0.2, 0) is 72.3 Å². The number of fused-ring (bicyclic) bond motifs is 2. The minimum Gasteiger partial charge on any atom is -0.546 e. The minimum absolute atomic E-state index is 0. The summed E-state index contributed by atoms with van der Waals surface area (Å²) >= 11 is 0. The zero-order valence-corrected chi connectivity index (χ0v) is 54.1. The molecule has 0 aliphatic carbocycles. The number of carbonyl (C=O) groups excluding carboxylic acids is 2. The van der Waals surface area contributed by atoms with Crippen LogP contribution >= 0.6 is 0 Å². The molecule has 8 aromatic rings. The van der Waals surface area contributed by atoms with Gasteiger partial charge in [-0.25, -0.2) is 44.3 Å². The number of hydrogen-bond acceptors (Lipinski definition) is 22. The molecule has 0 amide bonds. The molecular weight excluding hydrogens is 1320 g/mol. The zero-order chi connectivity index (χ0) is 64.5. The van der Waals surface area contributed by atoms with E-state index in [2.05, 4.69) is 19.9 Å². The SMILES string of the molecule is Cc1c(OCC(F)(F)F)ccnc1CS(=O)c1nc2ccccc2n1S(=O)(=O)c1ccc(OCC(=O)[O-])c(OCC(=O)O)c1.Cc1c(OCC(F)(F)F)ccnc1CS(=O)c1nc2ccccc2n1S(=O)(=O)c1ccc(OCC(=O)[O-])c(OCC(=O)O)c1.[Na+].[Na+]. The van der Waals surface area contributed by atoms with E-state index in [0.717, 1.165) is 48.8 Å². The van der Waals surface area contributed by atoms with Gasteiger partial charge in [0.1, 0.15) is 24.7 Å². The van der Waals surface area contributed by atoms with Gasteiger partial charge in [0, 0.05) is 35.7 Å². The molecule has 4 aromatic carbocycles. The van der Waals surface area contributed by atoms with Crippen molar-refractivity contribution in [3.05, 3.63) is 132 Å². The molecule has 2 unspecified atom stereocenters. The van der Waals surface area contributed by atoms with Gasteiger partial charge >= 0.3 is 83.4 Å². The molecule has 0 spiro atoms. The molecule has 0 saturated carbocycles. The maximum absolute atomic E-state index is 14.0. The molecule has 0 bridgehead atoms. The van der Waals surface area contributed by atoms with Crippen LogP contribution in [-0.4, -0.2) is 139 Å². The van der Waals surface area contributed by atoms with Crippen LogP contribution in [0.25, 0.3) is 22.1 Å². The van der Waals surface area contributed by atoms with Crippen molar-refractivity contribution in [2.24, 2.45) is 0 Å². The molecule has 38 heteroatoms. The van der Waals surface area contributed by atoms with Gasteiger partial charge < -0.3 is 58.4 Å². The summed E-state index contributed by atoms with van der Waals surface area (Å²) in [4.78, 5) is 59.4. The zero-order valence-electron chi connectivity index (χ0n) is 46.9. The summed E-state index contributed by atoms with van der Waals surface area (Å²) < 4.78 is 191. The van der Waals surface area contributed by atoms with E-state index in [1.54, 1.807) is 12.1 Å². The Hall–Kier alpha value is -7.42. The first-order valence-corrected chi connectivity index (χ1v) is 30.0. The van der Waals surface area contributed by atoms with Crippen molar-refractivity contribution in [2.45, 2.75) is 57.8 Å². The van der Waals surface area contributed by atoms with Crippen molar-refractivity contribution in [2.75, 3.05) is 39.6 Å². The second-order valence-corrected chi connectivity index (χ2v) is 24.0. The van der Waals surface area contributed by atoms with Gasteiger partial charge in [-0.2, -0.15) is 26.3 Å². The summed E-state index contributed by atoms with van der Waals surface area (Å²) in [6.07, 6.45) is -6.89. The van der Waals surface area contributed by atoms with Gasteiger partial charge in [0.2, 0.25) is 10.3 Å². The van der Waals surface area contributed by atoms with Gasteiger partial charge in [-0.3, -0.25) is 18.4 Å². The Morgan fingerprint density at radius 2 is 0.856 bits per heavy atom. The molecule has 0 aliphatic rings. The van der Waals surface area contributed by atoms with E-state index in [1.165, 1.54) is 62.4 Å². The Morgan fingerprint density at radius 3 is 1.19 bits per heavy atom. The number of rotatable bonds is 26. The Kier molecular flexibility index (Phi) is 25.3. The smallest absolute Gasteiger partial charge is 0.546 e. The number of nitrogens with zero attached hydrogens (tertiary/aromatic N) is 6. The number of carboxylic acids is 4. The van der Waals surface area contributed by atoms with Crippen molar-refractivity contribution in [1.29, 1.82) is 0 Å². The summed E-state index contributed by atoms with van der Waals surface area (Å²) in [5.74, 6) is -8.66. The van der Waals surface area contributed by atoms with Crippen LogP contribution in [0.4, 0.5) is 26.3 Å². The van der Waals surface area contributed by atoms with Crippen LogP contribution in [0.5, 0.6) is 34.5 Å². The van der Waals surface area contributed by atoms with E-state index >= 15 is 0 Å². The van der Waals surface area contributed by atoms with Crippen molar-refractivity contribution in [3.63, 3.8) is 0 Å². The fraction of sp³-hybridized carbons (Fsp3) is 0.231. The van der Waals surface area contributed by atoms with E-state index in [1.807, 2.05) is 0 Å². The van der Waals surface area contributed by atoms with E-state index in [0.29, 0.717) is 7.94 Å². The fourth-order valence-electron chi connectivity index (χ4n) is 7.66. The van der Waals surface area contributed by atoms with Crippen LogP contribution < -0.4 is 97.7 Å². The van der Waals surface area contributed by atoms with Crippen LogP contribution in [0.1, 0.15) is 22.5 Å². The summed E-state index contributed by atoms with van der Waals surface area (Å²) in [7, 11) is -13.8. The van der Waals surface area contributed by atoms with Gasteiger partial charge in [-0.05, 0) is 74.5 Å². The number of aliphatic carboxylic acids is 4. The third kappa shape index (κ3) is 18.8. The van der Waals surface area contributed by atoms with Crippen molar-refractivity contribution < 1.29 is 179 Å². The maximum atomic E-state index is 14.0. The maximum Gasteiger partial charge on any atom is 1.00 e. The monoisotopic (exact) mass is 1360 g/mol. The first kappa shape index (κ1) is 73.3. The number of aromatic nitrogens is 6. The normalized spacial score (nSPS) is 12.3. The number of para-hydroxylation sites is 4. The van der Waals surface area contributed by atoms with E-state index in [9.17, 15) is 81.0 Å². The van der Waals surface area contributed by atoms with Crippen LogP contribution in [0.3, 0.4) is 0 Å². The molecule has 0 aliphatic heterocycles. The Balaban J connectivity index is 0.000000320. The van der Waals surface area contributed by atoms with E-state index in [-0.39, 0.29) is 127 Å². The number of ether oxygens (including phenoxy) is 6. The minimum atomic E-state index is -4.66. The number of hydrogen-bond donors (Lipinski definition) is 2. The predicted octanol–water partition coefficient (Wildman–Crippen LogP) is -2.36. The van der Waals surface area contributed by atoms with E-state index < -0.39 is 161 Å². The summed E-state index contributed by atoms with van der Waals surface area (Å²) in [5.41, 5.74) is 0.771. The number of carbonyl (C=O) groups is 4. The van der Waals surface area contributed by atoms with Gasteiger partial charge in [0.15, 0.2) is 49.4 Å². The largest absolute Gasteiger partial charge is 1.00 e. The van der Waals surface area contributed by atoms with Crippen molar-refractivity contribution >= 4 is 87.6 Å². The fourth-order valence-corrected chi connectivity index (χ4v) is 13.8. The van der Waals surface area contributed by atoms with Gasteiger partial charge in [0.05, 0.1) is 88.3 Å². The van der Waals surface area contributed by atoms with Crippen LogP contribution in [0.2, 0.25) is 0 Å². The second kappa shape index (κ2) is 31.1. The molecule has 0 saturated heterocycles. The Morgan fingerprint density at radius 1 is 0.511 bits per heavy atom. The standard InChI is InChI=1S/2C26H22F3N3O10S2.2Na/c2*1-15-18(30-9-8-20(15)42-14-26(27,28)29)13-43(37)25-31-17-4-2-3-5-19(17)32(25)44(38,39)16-6-7-21(40-11-23(33)34)22(10-16)41-12-24(35)36;;/h2*2-10H,11-14H2,1H3,(H,33,34)(H,35,36);;/q;;2*+1/p-2. The Bertz CT molecular complexity index is 4000. The van der Waals surface area contributed by atoms with Gasteiger partial charge in [0.25, 0.3) is 20.0 Å². The molecule has 2 atom stereocenters. The molecular formula is C52H42F6N6Na2O20S4. The molecule has 90 heavy (non-hydrogen) atoms. The average molecular weight is 1360 g/mol. The molecule has 468 valence electrons. The van der Waals surface area contributed by atoms with Crippen LogP contribution in [0.15, 0.2) is 130 Å². The second-order valence-electron chi connectivity index (χ2n) is 17.8. The Labute approximate surface area is 553 Å². The number of carboxylic acid groups (broad SMARTS) is 4. The number of imidazole rings is 2. The van der Waals surface area contributed by atoms with Gasteiger partial charge in [-0.1, -0.05) is 24.3 Å². The molecule has 26 nitrogen and oxygen atoms in total. The third-order valence-corrected chi connectivity index (χ3v) is 17.6. The summed E-state index contributed by atoms with van der Waals surface area (Å²) in [6.45, 7) is -4.05. The first-order valence-electron chi connectivity index (χ1n) is 24.5. The van der Waals surface area contributed by atoms with Crippen molar-refractivity contribution in [1.82, 2.24) is 27.9 Å². The molecule has 2 N–H and O–H groups in total. The number of alkyl halides is 6. The third-order valence-electron chi connectivity index (χ3n) is 11.5.